The number of allylic oxidation sites excluding steroid dienone is 2. The molecule has 8 nitrogen and oxygen atoms in total. The molecule has 50 heavy (non-hydrogen) atoms. The van der Waals surface area contributed by atoms with E-state index in [9.17, 15) is 14.2 Å². The van der Waals surface area contributed by atoms with Crippen molar-refractivity contribution in [1.29, 1.82) is 0 Å². The Labute approximate surface area is 307 Å². The van der Waals surface area contributed by atoms with E-state index in [2.05, 4.69) is 30.5 Å². The van der Waals surface area contributed by atoms with Gasteiger partial charge in [0.05, 0.1) is 6.61 Å². The molecule has 0 rings (SSSR count). The highest BCUT2D eigenvalue weighted by atomic mass is 31.2. The standard InChI is InChI=1S/C41H79O8P/c1-3-5-7-9-11-13-15-17-18-19-20-21-22-24-25-27-29-31-33-35-40(42)47-37-39(38-48-50(44,45)46)49-41(43)36-34-32-30-28-26-23-16-14-12-10-8-6-4-2/h14,16,39H,3-13,15,17-38H2,1-2H3,(H2,44,45,46)/b16-14-. The van der Waals surface area contributed by atoms with Crippen molar-refractivity contribution in [1.82, 2.24) is 0 Å². The van der Waals surface area contributed by atoms with Crippen LogP contribution in [0.1, 0.15) is 219 Å². The van der Waals surface area contributed by atoms with Gasteiger partial charge in [-0.3, -0.25) is 14.1 Å². The lowest BCUT2D eigenvalue weighted by Gasteiger charge is -2.18. The highest BCUT2D eigenvalue weighted by Gasteiger charge is 2.22. The zero-order valence-electron chi connectivity index (χ0n) is 32.6. The molecule has 0 saturated heterocycles. The molecule has 1 unspecified atom stereocenters. The van der Waals surface area contributed by atoms with E-state index in [1.807, 2.05) is 0 Å². The van der Waals surface area contributed by atoms with Crippen LogP contribution in [-0.2, 0) is 28.2 Å². The molecule has 0 bridgehead atoms. The highest BCUT2D eigenvalue weighted by Crippen LogP contribution is 2.36. The van der Waals surface area contributed by atoms with E-state index in [0.717, 1.165) is 51.4 Å². The summed E-state index contributed by atoms with van der Waals surface area (Å²) < 4.78 is 26.4. The minimum absolute atomic E-state index is 0.206. The highest BCUT2D eigenvalue weighted by molar-refractivity contribution is 7.46. The van der Waals surface area contributed by atoms with Gasteiger partial charge in [-0.15, -0.1) is 0 Å². The maximum Gasteiger partial charge on any atom is 0.469 e. The third-order valence-electron chi connectivity index (χ3n) is 9.28. The molecule has 0 aromatic carbocycles. The predicted molar refractivity (Wildman–Crippen MR) is 207 cm³/mol. The van der Waals surface area contributed by atoms with Crippen molar-refractivity contribution >= 4 is 19.8 Å². The van der Waals surface area contributed by atoms with Gasteiger partial charge in [-0.2, -0.15) is 0 Å². The Kier molecular flexibility index (Phi) is 36.6. The summed E-state index contributed by atoms with van der Waals surface area (Å²) in [4.78, 5) is 42.8. The van der Waals surface area contributed by atoms with Crippen LogP contribution in [0.3, 0.4) is 0 Å². The van der Waals surface area contributed by atoms with Crippen LogP contribution in [0.15, 0.2) is 12.2 Å². The second kappa shape index (κ2) is 37.5. The molecule has 0 heterocycles. The van der Waals surface area contributed by atoms with E-state index in [1.165, 1.54) is 135 Å². The van der Waals surface area contributed by atoms with Crippen LogP contribution in [0.25, 0.3) is 0 Å². The van der Waals surface area contributed by atoms with E-state index in [4.69, 9.17) is 19.3 Å². The fraction of sp³-hybridized carbons (Fsp3) is 0.902. The van der Waals surface area contributed by atoms with Crippen molar-refractivity contribution in [2.45, 2.75) is 225 Å². The summed E-state index contributed by atoms with van der Waals surface area (Å²) in [5.41, 5.74) is 0. The van der Waals surface area contributed by atoms with Crippen molar-refractivity contribution in [3.8, 4) is 0 Å². The number of carbonyl (C=O) groups is 2. The number of phosphoric ester groups is 1. The first-order chi connectivity index (χ1) is 24.3. The molecule has 9 heteroatoms. The molecule has 296 valence electrons. The van der Waals surface area contributed by atoms with Crippen molar-refractivity contribution in [3.63, 3.8) is 0 Å². The van der Waals surface area contributed by atoms with Gasteiger partial charge in [-0.1, -0.05) is 180 Å². The van der Waals surface area contributed by atoms with Gasteiger partial charge in [0.15, 0.2) is 6.10 Å². The van der Waals surface area contributed by atoms with Crippen molar-refractivity contribution in [2.24, 2.45) is 0 Å². The van der Waals surface area contributed by atoms with Crippen molar-refractivity contribution in [3.05, 3.63) is 12.2 Å². The maximum absolute atomic E-state index is 12.4. The topological polar surface area (TPSA) is 119 Å². The quantitative estimate of drug-likeness (QED) is 0.0278. The number of rotatable bonds is 39. The molecule has 0 aliphatic carbocycles. The van der Waals surface area contributed by atoms with Gasteiger partial charge in [0, 0.05) is 12.8 Å². The number of esters is 2. The number of hydrogen-bond acceptors (Lipinski definition) is 6. The molecule has 0 amide bonds. The van der Waals surface area contributed by atoms with Crippen LogP contribution in [0.4, 0.5) is 0 Å². The fourth-order valence-corrected chi connectivity index (χ4v) is 6.49. The lowest BCUT2D eigenvalue weighted by molar-refractivity contribution is -0.161. The summed E-state index contributed by atoms with van der Waals surface area (Å²) in [7, 11) is -4.75. The summed E-state index contributed by atoms with van der Waals surface area (Å²) in [6, 6.07) is 0. The SMILES string of the molecule is CCCCCC/C=C\CCCCCCCC(=O)OC(COC(=O)CCCCCCCCCCCCCCCCCCCCC)COP(=O)(O)O. The molecule has 1 atom stereocenters. The van der Waals surface area contributed by atoms with Gasteiger partial charge in [-0.05, 0) is 38.5 Å². The average Bonchev–Trinajstić information content (AvgIpc) is 3.08. The van der Waals surface area contributed by atoms with Crippen molar-refractivity contribution in [2.75, 3.05) is 13.2 Å². The number of carbonyl (C=O) groups excluding carboxylic acids is 2. The number of hydrogen-bond donors (Lipinski definition) is 2. The molecular weight excluding hydrogens is 651 g/mol. The molecule has 0 saturated carbocycles. The number of phosphoric acid groups is 1. The normalized spacial score (nSPS) is 12.5. The van der Waals surface area contributed by atoms with Gasteiger partial charge in [-0.25, -0.2) is 4.57 Å². The van der Waals surface area contributed by atoms with Gasteiger partial charge in [0.2, 0.25) is 0 Å². The predicted octanol–water partition coefficient (Wildman–Crippen LogP) is 12.6. The summed E-state index contributed by atoms with van der Waals surface area (Å²) in [5.74, 6) is -0.884. The minimum Gasteiger partial charge on any atom is -0.462 e. The Bertz CT molecular complexity index is 827. The van der Waals surface area contributed by atoms with E-state index in [1.54, 1.807) is 0 Å². The Morgan fingerprint density at radius 1 is 0.500 bits per heavy atom. The number of ether oxygens (including phenoxy) is 2. The van der Waals surface area contributed by atoms with Crippen LogP contribution in [0.2, 0.25) is 0 Å². The van der Waals surface area contributed by atoms with E-state index in [0.29, 0.717) is 6.42 Å². The molecule has 0 spiro atoms. The van der Waals surface area contributed by atoms with E-state index in [-0.39, 0.29) is 19.4 Å². The third kappa shape index (κ3) is 39.6. The van der Waals surface area contributed by atoms with Crippen LogP contribution in [-0.4, -0.2) is 41.0 Å². The fourth-order valence-electron chi connectivity index (χ4n) is 6.13. The minimum atomic E-state index is -4.75. The molecule has 0 radical (unpaired) electrons. The van der Waals surface area contributed by atoms with Gasteiger partial charge < -0.3 is 19.3 Å². The molecule has 0 aliphatic heterocycles. The van der Waals surface area contributed by atoms with Gasteiger partial charge in [0.25, 0.3) is 0 Å². The van der Waals surface area contributed by atoms with Crippen LogP contribution < -0.4 is 0 Å². The summed E-state index contributed by atoms with van der Waals surface area (Å²) in [6.45, 7) is 3.68. The Balaban J connectivity index is 3.85. The molecule has 0 aromatic heterocycles. The van der Waals surface area contributed by atoms with Crippen LogP contribution >= 0.6 is 7.82 Å². The van der Waals surface area contributed by atoms with Crippen molar-refractivity contribution < 1.29 is 37.9 Å². The molecular formula is C41H79O8P. The first-order valence-corrected chi connectivity index (χ1v) is 22.5. The molecule has 0 aromatic rings. The van der Waals surface area contributed by atoms with E-state index >= 15 is 0 Å². The zero-order chi connectivity index (χ0) is 36.8. The molecule has 0 fully saturated rings. The largest absolute Gasteiger partial charge is 0.469 e. The summed E-state index contributed by atoms with van der Waals surface area (Å²) in [5, 5.41) is 0. The van der Waals surface area contributed by atoms with Crippen LogP contribution in [0.5, 0.6) is 0 Å². The monoisotopic (exact) mass is 731 g/mol. The molecule has 0 aliphatic rings. The maximum atomic E-state index is 12.4. The lowest BCUT2D eigenvalue weighted by atomic mass is 10.0. The Hall–Kier alpha value is -1.21. The van der Waals surface area contributed by atoms with E-state index < -0.39 is 32.5 Å². The smallest absolute Gasteiger partial charge is 0.462 e. The Morgan fingerprint density at radius 2 is 0.840 bits per heavy atom. The first-order valence-electron chi connectivity index (χ1n) is 21.0. The molecule has 2 N–H and O–H groups in total. The first kappa shape index (κ1) is 48.8. The second-order valence-electron chi connectivity index (χ2n) is 14.3. The average molecular weight is 731 g/mol. The van der Waals surface area contributed by atoms with Gasteiger partial charge in [0.1, 0.15) is 6.61 Å². The Morgan fingerprint density at radius 3 is 1.24 bits per heavy atom. The third-order valence-corrected chi connectivity index (χ3v) is 9.77. The van der Waals surface area contributed by atoms with Crippen LogP contribution in [0, 0.1) is 0 Å². The van der Waals surface area contributed by atoms with Gasteiger partial charge >= 0.3 is 19.8 Å². The second-order valence-corrected chi connectivity index (χ2v) is 15.6. The lowest BCUT2D eigenvalue weighted by Crippen LogP contribution is -2.29. The summed E-state index contributed by atoms with van der Waals surface area (Å²) in [6.07, 6.45) is 40.8. The zero-order valence-corrected chi connectivity index (χ0v) is 33.5. The number of unbranched alkanes of at least 4 members (excludes halogenated alkanes) is 27. The summed E-state index contributed by atoms with van der Waals surface area (Å²) >= 11 is 0.